The number of unbranched alkanes of at least 4 members (excludes halogenated alkanes) is 55. The predicted octanol–water partition coefficient (Wildman–Crippen LogP) is 22.2. The summed E-state index contributed by atoms with van der Waals surface area (Å²) in [7, 11) is 0. The van der Waals surface area contributed by atoms with Crippen molar-refractivity contribution in [1.82, 2.24) is 5.32 Å². The van der Waals surface area contributed by atoms with Crippen molar-refractivity contribution >= 4 is 5.91 Å². The second-order valence-electron chi connectivity index (χ2n) is 29.5. The minimum atomic E-state index is -1.68. The summed E-state index contributed by atoms with van der Waals surface area (Å²) < 4.78 is 11.2. The van der Waals surface area contributed by atoms with E-state index in [-0.39, 0.29) is 12.8 Å². The van der Waals surface area contributed by atoms with Crippen molar-refractivity contribution in [3.8, 4) is 0 Å². The SMILES string of the molecule is CCCCCCCCCCCCCCCCCCCC/C=C\CCCCCCCCCCCCCCCCCCC(O)C(=O)NC(COC1OC(CO)C(O)C(O)C1O)C(O)C(O)CCC/C=C/CC/C=C/CC/C=C/CCCCCCCCCCCCCCCCCCCC. The van der Waals surface area contributed by atoms with Crippen LogP contribution in [0.1, 0.15) is 418 Å². The first-order valence-electron chi connectivity index (χ1n) is 42.0. The molecule has 0 aliphatic carbocycles. The molecule has 0 radical (unpaired) electrons. The summed E-state index contributed by atoms with van der Waals surface area (Å²) in [6, 6.07) is -1.20. The van der Waals surface area contributed by atoms with Crippen LogP contribution in [-0.4, -0.2) is 110 Å². The first-order valence-corrected chi connectivity index (χ1v) is 42.0. The molecule has 96 heavy (non-hydrogen) atoms. The van der Waals surface area contributed by atoms with Gasteiger partial charge in [-0.2, -0.15) is 0 Å². The number of carbonyl (C=O) groups excluding carboxylic acids is 1. The minimum Gasteiger partial charge on any atom is -0.394 e. The van der Waals surface area contributed by atoms with Crippen LogP contribution in [0.25, 0.3) is 0 Å². The van der Waals surface area contributed by atoms with E-state index in [1.807, 2.05) is 0 Å². The third-order valence-corrected chi connectivity index (χ3v) is 20.3. The third kappa shape index (κ3) is 58.7. The first kappa shape index (κ1) is 92.1. The van der Waals surface area contributed by atoms with E-state index in [1.165, 1.54) is 327 Å². The van der Waals surface area contributed by atoms with E-state index in [9.17, 15) is 40.5 Å². The van der Waals surface area contributed by atoms with Crippen LogP contribution in [0.5, 0.6) is 0 Å². The molecular weight excluding hydrogens is 1190 g/mol. The summed E-state index contributed by atoms with van der Waals surface area (Å²) in [6.07, 6.45) is 86.8. The van der Waals surface area contributed by atoms with Crippen molar-refractivity contribution in [1.29, 1.82) is 0 Å². The standard InChI is InChI=1S/C85H161NO10/c1-3-5-7-9-11-13-15-17-19-21-23-25-27-29-31-33-35-36-37-38-39-40-41-43-45-47-49-51-53-55-57-59-61-63-65-67-69-71-73-78(89)84(94)86-76(75-95-85-83(93)82(92)81(91)79(74-87)96-85)80(90)77(88)72-70-68-66-64-62-60-58-56-54-52-50-48-46-44-42-34-32-30-28-26-24-22-20-18-16-14-12-10-8-6-4-2/h38-39,48,50,56,58,64,66,76-83,85,87-93H,3-37,40-47,49,51-55,57,59-63,65,67-75H2,1-2H3,(H,86,94)/b39-38-,50-48+,58-56+,66-64+. The molecule has 0 aromatic heterocycles. The molecule has 1 aliphatic rings. The fraction of sp³-hybridized carbons (Fsp3) is 0.894. The van der Waals surface area contributed by atoms with E-state index >= 15 is 0 Å². The van der Waals surface area contributed by atoms with Gasteiger partial charge in [0, 0.05) is 0 Å². The molecule has 9 unspecified atom stereocenters. The Balaban J connectivity index is 2.14. The average molecular weight is 1360 g/mol. The van der Waals surface area contributed by atoms with Crippen molar-refractivity contribution in [3.05, 3.63) is 48.6 Å². The van der Waals surface area contributed by atoms with Gasteiger partial charge in [-0.05, 0) is 89.9 Å². The molecule has 1 rings (SSSR count). The monoisotopic (exact) mass is 1360 g/mol. The second kappa shape index (κ2) is 72.8. The molecule has 0 spiro atoms. The molecule has 9 atom stereocenters. The molecule has 1 amide bonds. The summed E-state index contributed by atoms with van der Waals surface area (Å²) in [4.78, 5) is 13.3. The van der Waals surface area contributed by atoms with E-state index in [4.69, 9.17) is 9.47 Å². The number of hydrogen-bond donors (Lipinski definition) is 8. The summed E-state index contributed by atoms with van der Waals surface area (Å²) >= 11 is 0. The highest BCUT2D eigenvalue weighted by Crippen LogP contribution is 2.24. The fourth-order valence-corrected chi connectivity index (χ4v) is 13.7. The zero-order chi connectivity index (χ0) is 69.5. The molecular formula is C85H161NO10. The van der Waals surface area contributed by atoms with Crippen molar-refractivity contribution in [2.45, 2.75) is 473 Å². The van der Waals surface area contributed by atoms with Crippen molar-refractivity contribution in [3.63, 3.8) is 0 Å². The van der Waals surface area contributed by atoms with Gasteiger partial charge in [0.05, 0.1) is 25.4 Å². The topological polar surface area (TPSA) is 189 Å². The second-order valence-corrected chi connectivity index (χ2v) is 29.5. The molecule has 8 N–H and O–H groups in total. The zero-order valence-corrected chi connectivity index (χ0v) is 63.1. The molecule has 0 saturated carbocycles. The van der Waals surface area contributed by atoms with Crippen LogP contribution in [-0.2, 0) is 14.3 Å². The van der Waals surface area contributed by atoms with Gasteiger partial charge in [0.25, 0.3) is 0 Å². The molecule has 1 fully saturated rings. The lowest BCUT2D eigenvalue weighted by Crippen LogP contribution is -2.60. The average Bonchev–Trinajstić information content (AvgIpc) is 0.847. The highest BCUT2D eigenvalue weighted by molar-refractivity contribution is 5.80. The Labute approximate surface area is 593 Å². The Morgan fingerprint density at radius 1 is 0.354 bits per heavy atom. The number of ether oxygens (including phenoxy) is 2. The van der Waals surface area contributed by atoms with Gasteiger partial charge in [-0.25, -0.2) is 0 Å². The smallest absolute Gasteiger partial charge is 0.249 e. The fourth-order valence-electron chi connectivity index (χ4n) is 13.7. The van der Waals surface area contributed by atoms with E-state index in [0.29, 0.717) is 19.3 Å². The number of hydrogen-bond acceptors (Lipinski definition) is 10. The lowest BCUT2D eigenvalue weighted by atomic mass is 9.98. The van der Waals surface area contributed by atoms with Crippen molar-refractivity contribution in [2.75, 3.05) is 13.2 Å². The molecule has 1 heterocycles. The third-order valence-electron chi connectivity index (χ3n) is 20.3. The lowest BCUT2D eigenvalue weighted by Gasteiger charge is -2.40. The molecule has 1 aliphatic heterocycles. The highest BCUT2D eigenvalue weighted by atomic mass is 16.7. The summed E-state index contributed by atoms with van der Waals surface area (Å²) in [6.45, 7) is 3.51. The molecule has 0 aromatic carbocycles. The van der Waals surface area contributed by atoms with Crippen LogP contribution >= 0.6 is 0 Å². The number of amides is 1. The van der Waals surface area contributed by atoms with E-state index < -0.39 is 74.2 Å². The van der Waals surface area contributed by atoms with Gasteiger partial charge < -0.3 is 50.5 Å². The Kier molecular flexibility index (Phi) is 69.9. The van der Waals surface area contributed by atoms with Crippen LogP contribution in [0.4, 0.5) is 0 Å². The van der Waals surface area contributed by atoms with Crippen LogP contribution < -0.4 is 5.32 Å². The van der Waals surface area contributed by atoms with Crippen molar-refractivity contribution < 1.29 is 50.0 Å². The Morgan fingerprint density at radius 3 is 0.927 bits per heavy atom. The number of aliphatic hydroxyl groups is 7. The molecule has 0 aromatic rings. The Hall–Kier alpha value is -1.93. The zero-order valence-electron chi connectivity index (χ0n) is 63.1. The molecule has 11 nitrogen and oxygen atoms in total. The quantitative estimate of drug-likeness (QED) is 0.0215. The normalized spacial score (nSPS) is 18.3. The summed E-state index contributed by atoms with van der Waals surface area (Å²) in [5.74, 6) is -0.706. The van der Waals surface area contributed by atoms with Gasteiger partial charge >= 0.3 is 0 Å². The number of aliphatic hydroxyl groups excluding tert-OH is 7. The number of allylic oxidation sites excluding steroid dienone is 8. The molecule has 1 saturated heterocycles. The number of nitrogens with one attached hydrogen (secondary N) is 1. The highest BCUT2D eigenvalue weighted by Gasteiger charge is 2.44. The first-order chi connectivity index (χ1) is 47.2. The number of rotatable bonds is 75. The van der Waals surface area contributed by atoms with Gasteiger partial charge in [-0.15, -0.1) is 0 Å². The Morgan fingerprint density at radius 2 is 0.625 bits per heavy atom. The van der Waals surface area contributed by atoms with Gasteiger partial charge in [-0.3, -0.25) is 4.79 Å². The summed E-state index contributed by atoms with van der Waals surface area (Å²) in [5, 5.41) is 76.7. The molecule has 11 heteroatoms. The van der Waals surface area contributed by atoms with E-state index in [2.05, 4.69) is 67.8 Å². The van der Waals surface area contributed by atoms with Crippen LogP contribution in [0.3, 0.4) is 0 Å². The maximum Gasteiger partial charge on any atom is 0.249 e. The maximum absolute atomic E-state index is 13.3. The lowest BCUT2D eigenvalue weighted by molar-refractivity contribution is -0.303. The summed E-state index contributed by atoms with van der Waals surface area (Å²) in [5.41, 5.74) is 0. The minimum absolute atomic E-state index is 0.242. The predicted molar refractivity (Wildman–Crippen MR) is 408 cm³/mol. The van der Waals surface area contributed by atoms with Crippen LogP contribution in [0, 0.1) is 0 Å². The van der Waals surface area contributed by atoms with Gasteiger partial charge in [0.2, 0.25) is 5.91 Å². The molecule has 0 bridgehead atoms. The van der Waals surface area contributed by atoms with Crippen LogP contribution in [0.2, 0.25) is 0 Å². The van der Waals surface area contributed by atoms with E-state index in [1.54, 1.807) is 0 Å². The molecule has 566 valence electrons. The van der Waals surface area contributed by atoms with E-state index in [0.717, 1.165) is 44.9 Å². The Bertz CT molecular complexity index is 1710. The van der Waals surface area contributed by atoms with Crippen LogP contribution in [0.15, 0.2) is 48.6 Å². The number of carbonyl (C=O) groups is 1. The van der Waals surface area contributed by atoms with Gasteiger partial charge in [0.15, 0.2) is 6.29 Å². The maximum atomic E-state index is 13.3. The largest absolute Gasteiger partial charge is 0.394 e. The van der Waals surface area contributed by atoms with Gasteiger partial charge in [-0.1, -0.05) is 377 Å². The van der Waals surface area contributed by atoms with Crippen molar-refractivity contribution in [2.24, 2.45) is 0 Å². The van der Waals surface area contributed by atoms with Gasteiger partial charge in [0.1, 0.15) is 36.6 Å².